The molecule has 8 heteroatoms. The molecule has 3 atom stereocenters. The van der Waals surface area contributed by atoms with Gasteiger partial charge in [0.05, 0.1) is 31.3 Å². The summed E-state index contributed by atoms with van der Waals surface area (Å²) in [5, 5.41) is 53.9. The van der Waals surface area contributed by atoms with E-state index in [2.05, 4.69) is 31.2 Å². The molecule has 0 aromatic carbocycles. The number of carbonyl (C=O) groups is 2. The number of unbranched alkanes of at least 4 members (excludes halogenated alkanes) is 22. The normalized spacial score (nSPS) is 13.4. The molecule has 0 aliphatic rings. The minimum Gasteiger partial charge on any atom is -0.481 e. The molecular weight excluding hydrogens is 632 g/mol. The van der Waals surface area contributed by atoms with Crippen molar-refractivity contribution in [1.29, 1.82) is 0 Å². The first kappa shape index (κ1) is 50.4. The predicted octanol–water partition coefficient (Wildman–Crippen LogP) is 10.3. The van der Waals surface area contributed by atoms with Crippen molar-refractivity contribution < 1.29 is 40.2 Å². The van der Waals surface area contributed by atoms with Gasteiger partial charge < -0.3 is 30.6 Å². The van der Waals surface area contributed by atoms with E-state index in [0.29, 0.717) is 19.3 Å². The molecule has 0 rings (SSSR count). The highest BCUT2D eigenvalue weighted by molar-refractivity contribution is 5.69. The monoisotopic (exact) mass is 713 g/mol. The highest BCUT2D eigenvalue weighted by Gasteiger charge is 2.20. The van der Waals surface area contributed by atoms with Gasteiger partial charge in [0.1, 0.15) is 0 Å². The molecule has 0 radical (unpaired) electrons. The maximum absolute atomic E-state index is 11.2. The largest absolute Gasteiger partial charge is 0.481 e. The van der Waals surface area contributed by atoms with Gasteiger partial charge in [-0.2, -0.15) is 0 Å². The van der Waals surface area contributed by atoms with E-state index in [1.54, 1.807) is 0 Å². The number of carboxylic acid groups (broad SMARTS) is 2. The number of aliphatic hydroxyl groups excluding tert-OH is 4. The van der Waals surface area contributed by atoms with Crippen LogP contribution < -0.4 is 0 Å². The molecule has 0 amide bonds. The Balaban J connectivity index is 0. The Labute approximate surface area is 306 Å². The number of allylic oxidation sites excluding steroid dienone is 4. The number of hydrogen-bond acceptors (Lipinski definition) is 6. The average molecular weight is 713 g/mol. The van der Waals surface area contributed by atoms with Crippen molar-refractivity contribution >= 4 is 11.9 Å². The molecule has 0 fully saturated rings. The van der Waals surface area contributed by atoms with Gasteiger partial charge in [-0.05, 0) is 77.0 Å². The minimum atomic E-state index is -0.936. The zero-order chi connectivity index (χ0) is 37.3. The Morgan fingerprint density at radius 3 is 1.22 bits per heavy atom. The first-order valence-corrected chi connectivity index (χ1v) is 20.6. The summed E-state index contributed by atoms with van der Waals surface area (Å²) in [6, 6.07) is 0. The molecule has 0 aromatic rings. The van der Waals surface area contributed by atoms with Gasteiger partial charge in [0, 0.05) is 6.42 Å². The summed E-state index contributed by atoms with van der Waals surface area (Å²) >= 11 is 0. The Hall–Kier alpha value is -1.74. The zero-order valence-electron chi connectivity index (χ0n) is 32.2. The molecule has 0 heterocycles. The maximum atomic E-state index is 11.2. The molecule has 50 heavy (non-hydrogen) atoms. The van der Waals surface area contributed by atoms with Crippen LogP contribution in [0.5, 0.6) is 0 Å². The van der Waals surface area contributed by atoms with Gasteiger partial charge in [0.25, 0.3) is 0 Å². The summed E-state index contributed by atoms with van der Waals surface area (Å²) in [5.74, 6) is -2.11. The van der Waals surface area contributed by atoms with Crippen LogP contribution in [0.15, 0.2) is 24.3 Å². The second kappa shape index (κ2) is 41.7. The molecule has 0 spiro atoms. The van der Waals surface area contributed by atoms with Gasteiger partial charge in [-0.25, -0.2) is 0 Å². The molecule has 0 aliphatic heterocycles. The third-order valence-electron chi connectivity index (χ3n) is 9.23. The fraction of sp³-hybridized carbons (Fsp3) is 0.857. The van der Waals surface area contributed by atoms with E-state index in [1.165, 1.54) is 103 Å². The molecule has 0 saturated carbocycles. The van der Waals surface area contributed by atoms with E-state index in [1.807, 2.05) is 0 Å². The molecule has 6 N–H and O–H groups in total. The third-order valence-corrected chi connectivity index (χ3v) is 9.23. The lowest BCUT2D eigenvalue weighted by Crippen LogP contribution is -2.23. The average Bonchev–Trinajstić information content (AvgIpc) is 3.10. The highest BCUT2D eigenvalue weighted by atomic mass is 16.4. The number of rotatable bonds is 37. The lowest BCUT2D eigenvalue weighted by atomic mass is 9.95. The predicted molar refractivity (Wildman–Crippen MR) is 207 cm³/mol. The highest BCUT2D eigenvalue weighted by Crippen LogP contribution is 2.18. The van der Waals surface area contributed by atoms with E-state index in [-0.39, 0.29) is 19.6 Å². The number of aliphatic hydroxyl groups is 4. The third kappa shape index (κ3) is 42.4. The second-order valence-corrected chi connectivity index (χ2v) is 14.2. The lowest BCUT2D eigenvalue weighted by molar-refractivity contribution is -0.143. The van der Waals surface area contributed by atoms with Crippen LogP contribution in [0, 0.1) is 5.92 Å². The first-order chi connectivity index (χ1) is 24.3. The van der Waals surface area contributed by atoms with Crippen molar-refractivity contribution in [2.45, 2.75) is 212 Å². The molecule has 296 valence electrons. The fourth-order valence-electron chi connectivity index (χ4n) is 5.95. The van der Waals surface area contributed by atoms with Crippen molar-refractivity contribution in [2.24, 2.45) is 5.92 Å². The first-order valence-electron chi connectivity index (χ1n) is 20.6. The second-order valence-electron chi connectivity index (χ2n) is 14.2. The topological polar surface area (TPSA) is 156 Å². The van der Waals surface area contributed by atoms with Gasteiger partial charge in [-0.3, -0.25) is 9.59 Å². The summed E-state index contributed by atoms with van der Waals surface area (Å²) < 4.78 is 0. The fourth-order valence-corrected chi connectivity index (χ4v) is 5.95. The Morgan fingerprint density at radius 2 is 0.840 bits per heavy atom. The van der Waals surface area contributed by atoms with Crippen molar-refractivity contribution in [3.8, 4) is 0 Å². The van der Waals surface area contributed by atoms with Crippen LogP contribution in [0.1, 0.15) is 200 Å². The van der Waals surface area contributed by atoms with Crippen LogP contribution in [0.25, 0.3) is 0 Å². The van der Waals surface area contributed by atoms with Gasteiger partial charge in [-0.1, -0.05) is 140 Å². The summed E-state index contributed by atoms with van der Waals surface area (Å²) in [5.41, 5.74) is 0. The number of hydrogen-bond donors (Lipinski definition) is 6. The SMILES string of the molecule is CCCCCCCCC=CCCCCCCCC(=O)O.O=C(O)C(CCCCCCC=CCCCCCCCCCC(O)CO)CC(O)CO. The van der Waals surface area contributed by atoms with Gasteiger partial charge in [0.15, 0.2) is 0 Å². The number of aliphatic carboxylic acids is 2. The maximum Gasteiger partial charge on any atom is 0.306 e. The molecule has 0 aromatic heterocycles. The van der Waals surface area contributed by atoms with Gasteiger partial charge in [0.2, 0.25) is 0 Å². The molecular formula is C42H80O8. The van der Waals surface area contributed by atoms with Gasteiger partial charge in [-0.15, -0.1) is 0 Å². The minimum absolute atomic E-state index is 0.126. The van der Waals surface area contributed by atoms with E-state index in [4.69, 9.17) is 20.4 Å². The molecule has 0 saturated heterocycles. The van der Waals surface area contributed by atoms with Crippen molar-refractivity contribution in [3.05, 3.63) is 24.3 Å². The Bertz CT molecular complexity index is 769. The van der Waals surface area contributed by atoms with E-state index < -0.39 is 30.1 Å². The summed E-state index contributed by atoms with van der Waals surface area (Å²) in [7, 11) is 0. The van der Waals surface area contributed by atoms with Crippen molar-refractivity contribution in [1.82, 2.24) is 0 Å². The smallest absolute Gasteiger partial charge is 0.306 e. The van der Waals surface area contributed by atoms with Crippen LogP contribution in [0.4, 0.5) is 0 Å². The molecule has 0 aliphatic carbocycles. The molecule has 0 bridgehead atoms. The zero-order valence-corrected chi connectivity index (χ0v) is 32.2. The van der Waals surface area contributed by atoms with Crippen LogP contribution in [-0.2, 0) is 9.59 Å². The Kier molecular flexibility index (Phi) is 42.0. The summed E-state index contributed by atoms with van der Waals surface area (Å²) in [6.45, 7) is 1.75. The van der Waals surface area contributed by atoms with Gasteiger partial charge >= 0.3 is 11.9 Å². The van der Waals surface area contributed by atoms with E-state index in [0.717, 1.165) is 64.2 Å². The molecule has 3 unspecified atom stereocenters. The summed E-state index contributed by atoms with van der Waals surface area (Å²) in [6.07, 6.45) is 40.3. The summed E-state index contributed by atoms with van der Waals surface area (Å²) in [4.78, 5) is 21.5. The molecule has 8 nitrogen and oxygen atoms in total. The lowest BCUT2D eigenvalue weighted by Gasteiger charge is -2.14. The van der Waals surface area contributed by atoms with Crippen molar-refractivity contribution in [2.75, 3.05) is 13.2 Å². The van der Waals surface area contributed by atoms with Crippen LogP contribution >= 0.6 is 0 Å². The van der Waals surface area contributed by atoms with E-state index >= 15 is 0 Å². The van der Waals surface area contributed by atoms with Crippen LogP contribution in [0.3, 0.4) is 0 Å². The Morgan fingerprint density at radius 1 is 0.480 bits per heavy atom. The number of carboxylic acids is 2. The quantitative estimate of drug-likeness (QED) is 0.0275. The standard InChI is InChI=1S/C24H46O6.C18H34O2/c25-19-22(27)17-15-13-11-9-7-5-3-1-2-4-6-8-10-12-14-16-21(24(29)30)18-23(28)20-26;1-2-3-4-5-6-7-8-9-10-11-12-13-14-15-16-17-18(19)20/h2,4,21-23,25-28H,1,3,5-20H2,(H,29,30);9-10H,2-8,11-17H2,1H3,(H,19,20). The van der Waals surface area contributed by atoms with Crippen LogP contribution in [-0.4, -0.2) is 68.0 Å². The van der Waals surface area contributed by atoms with E-state index in [9.17, 15) is 19.8 Å². The van der Waals surface area contributed by atoms with Crippen LogP contribution in [0.2, 0.25) is 0 Å². The van der Waals surface area contributed by atoms with Crippen molar-refractivity contribution in [3.63, 3.8) is 0 Å².